The molecule has 3 aromatic rings. The van der Waals surface area contributed by atoms with E-state index in [0.717, 1.165) is 24.3 Å². The van der Waals surface area contributed by atoms with Gasteiger partial charge in [-0.2, -0.15) is 0 Å². The van der Waals surface area contributed by atoms with Gasteiger partial charge < -0.3 is 15.3 Å². The molecule has 0 saturated carbocycles. The van der Waals surface area contributed by atoms with Gasteiger partial charge in [-0.3, -0.25) is 0 Å². The van der Waals surface area contributed by atoms with Crippen molar-refractivity contribution in [2.75, 3.05) is 11.4 Å². The lowest BCUT2D eigenvalue weighted by Crippen LogP contribution is -2.38. The van der Waals surface area contributed by atoms with Crippen LogP contribution in [0.5, 0.6) is 0 Å². The fraction of sp³-hybridized carbons (Fsp3) is 0.304. The molecular weight excluding hydrogens is 360 g/mol. The van der Waals surface area contributed by atoms with E-state index >= 15 is 0 Å². The van der Waals surface area contributed by atoms with Gasteiger partial charge in [-0.15, -0.1) is 0 Å². The molecule has 6 heteroatoms. The Balaban J connectivity index is 1.65. The number of benzene rings is 1. The Bertz CT molecular complexity index is 1000. The molecule has 1 saturated heterocycles. The Kier molecular flexibility index (Phi) is 5.25. The first-order valence-electron chi connectivity index (χ1n) is 9.98. The third-order valence-corrected chi connectivity index (χ3v) is 5.38. The molecular formula is C23H26N6. The van der Waals surface area contributed by atoms with Crippen LogP contribution in [-0.4, -0.2) is 38.5 Å². The highest BCUT2D eigenvalue weighted by Crippen LogP contribution is 2.33. The molecule has 2 aromatic heterocycles. The highest BCUT2D eigenvalue weighted by Gasteiger charge is 2.32. The first kappa shape index (κ1) is 19.1. The summed E-state index contributed by atoms with van der Waals surface area (Å²) in [4.78, 5) is 19.4. The second kappa shape index (κ2) is 7.99. The molecule has 6 nitrogen and oxygen atoms in total. The Labute approximate surface area is 171 Å². The van der Waals surface area contributed by atoms with Crippen LogP contribution in [0.2, 0.25) is 0 Å². The predicted molar refractivity (Wildman–Crippen MR) is 118 cm³/mol. The lowest BCUT2D eigenvalue weighted by atomic mass is 10.0. The van der Waals surface area contributed by atoms with Crippen LogP contribution in [0.3, 0.4) is 0 Å². The molecule has 1 aromatic carbocycles. The number of hydrogen-bond donors (Lipinski definition) is 2. The fourth-order valence-corrected chi connectivity index (χ4v) is 3.80. The molecule has 3 heterocycles. The third kappa shape index (κ3) is 4.26. The molecule has 0 spiro atoms. The van der Waals surface area contributed by atoms with Crippen LogP contribution >= 0.6 is 0 Å². The maximum Gasteiger partial charge on any atom is 0.154 e. The number of rotatable bonds is 6. The van der Waals surface area contributed by atoms with Crippen LogP contribution in [0.4, 0.5) is 11.6 Å². The van der Waals surface area contributed by atoms with Crippen molar-refractivity contribution in [3.63, 3.8) is 0 Å². The summed E-state index contributed by atoms with van der Waals surface area (Å²) in [6.07, 6.45) is 6.18. The van der Waals surface area contributed by atoms with Crippen molar-refractivity contribution >= 4 is 23.1 Å². The molecule has 0 atom stereocenters. The standard InChI is InChI=1S/C23H26N6/c1-23(2)12-7-15-29(23)21-11-6-10-20(28-21)27-19(22-25-13-14-26-22)16-18(24)17-8-4-3-5-9-17/h3-6,8-11,13-14,24H,7,12,15-16H2,1-2H3,(H,25,26). The number of hydrogen-bond acceptors (Lipinski definition) is 5. The van der Waals surface area contributed by atoms with Gasteiger partial charge in [0.15, 0.2) is 11.6 Å². The van der Waals surface area contributed by atoms with Gasteiger partial charge in [-0.1, -0.05) is 36.4 Å². The number of nitrogens with one attached hydrogen (secondary N) is 2. The summed E-state index contributed by atoms with van der Waals surface area (Å²) in [5.41, 5.74) is 2.19. The largest absolute Gasteiger partial charge is 0.351 e. The van der Waals surface area contributed by atoms with Gasteiger partial charge in [-0.05, 0) is 44.4 Å². The summed E-state index contributed by atoms with van der Waals surface area (Å²) in [7, 11) is 0. The van der Waals surface area contributed by atoms with Gasteiger partial charge >= 0.3 is 0 Å². The first-order valence-corrected chi connectivity index (χ1v) is 9.98. The van der Waals surface area contributed by atoms with E-state index in [1.54, 1.807) is 12.4 Å². The van der Waals surface area contributed by atoms with Crippen molar-refractivity contribution in [1.29, 1.82) is 5.41 Å². The van der Waals surface area contributed by atoms with E-state index in [2.05, 4.69) is 28.7 Å². The van der Waals surface area contributed by atoms with Gasteiger partial charge in [-0.25, -0.2) is 15.0 Å². The number of aromatic amines is 1. The second-order valence-electron chi connectivity index (χ2n) is 7.94. The van der Waals surface area contributed by atoms with Crippen molar-refractivity contribution in [2.45, 2.75) is 38.6 Å². The van der Waals surface area contributed by atoms with Crippen LogP contribution in [0, 0.1) is 5.41 Å². The molecule has 29 heavy (non-hydrogen) atoms. The topological polar surface area (TPSA) is 81.0 Å². The zero-order chi connectivity index (χ0) is 20.3. The summed E-state index contributed by atoms with van der Waals surface area (Å²) in [5, 5.41) is 8.51. The van der Waals surface area contributed by atoms with Crippen molar-refractivity contribution in [2.24, 2.45) is 4.99 Å². The molecule has 1 aliphatic heterocycles. The summed E-state index contributed by atoms with van der Waals surface area (Å²) >= 11 is 0. The van der Waals surface area contributed by atoms with E-state index in [9.17, 15) is 0 Å². The smallest absolute Gasteiger partial charge is 0.154 e. The van der Waals surface area contributed by atoms with Gasteiger partial charge in [0, 0.05) is 36.6 Å². The van der Waals surface area contributed by atoms with Gasteiger partial charge in [0.2, 0.25) is 0 Å². The van der Waals surface area contributed by atoms with Crippen molar-refractivity contribution in [3.8, 4) is 0 Å². The van der Waals surface area contributed by atoms with Crippen LogP contribution < -0.4 is 4.90 Å². The third-order valence-electron chi connectivity index (χ3n) is 5.38. The maximum absolute atomic E-state index is 8.51. The van der Waals surface area contributed by atoms with Gasteiger partial charge in [0.05, 0.1) is 5.71 Å². The lowest BCUT2D eigenvalue weighted by molar-refractivity contribution is 0.514. The number of imidazole rings is 1. The molecule has 1 fully saturated rings. The number of H-pyrrole nitrogens is 1. The number of nitrogens with zero attached hydrogens (tertiary/aromatic N) is 4. The van der Waals surface area contributed by atoms with Crippen LogP contribution in [0.15, 0.2) is 65.9 Å². The minimum atomic E-state index is 0.106. The summed E-state index contributed by atoms with van der Waals surface area (Å²) in [5.74, 6) is 2.25. The lowest BCUT2D eigenvalue weighted by Gasteiger charge is -2.32. The Morgan fingerprint density at radius 1 is 1.17 bits per heavy atom. The molecule has 2 N–H and O–H groups in total. The van der Waals surface area contributed by atoms with E-state index in [0.29, 0.717) is 29.5 Å². The van der Waals surface area contributed by atoms with E-state index < -0.39 is 0 Å². The molecule has 4 rings (SSSR count). The number of aromatic nitrogens is 3. The van der Waals surface area contributed by atoms with Crippen LogP contribution in [-0.2, 0) is 0 Å². The van der Waals surface area contributed by atoms with Crippen LogP contribution in [0.25, 0.3) is 0 Å². The summed E-state index contributed by atoms with van der Waals surface area (Å²) in [6.45, 7) is 5.52. The summed E-state index contributed by atoms with van der Waals surface area (Å²) in [6, 6.07) is 15.7. The first-order chi connectivity index (χ1) is 14.0. The molecule has 0 radical (unpaired) electrons. The van der Waals surface area contributed by atoms with Crippen molar-refractivity contribution < 1.29 is 0 Å². The minimum Gasteiger partial charge on any atom is -0.351 e. The molecule has 1 aliphatic rings. The molecule has 148 valence electrons. The molecule has 0 unspecified atom stereocenters. The molecule has 0 bridgehead atoms. The zero-order valence-electron chi connectivity index (χ0n) is 16.9. The molecule has 0 amide bonds. The monoisotopic (exact) mass is 386 g/mol. The number of pyridine rings is 1. The van der Waals surface area contributed by atoms with E-state index in [1.807, 2.05) is 48.5 Å². The average Bonchev–Trinajstić information content (AvgIpc) is 3.38. The van der Waals surface area contributed by atoms with Gasteiger partial charge in [0.1, 0.15) is 5.82 Å². The predicted octanol–water partition coefficient (Wildman–Crippen LogP) is 4.76. The Morgan fingerprint density at radius 2 is 2.00 bits per heavy atom. The highest BCUT2D eigenvalue weighted by atomic mass is 15.3. The fourth-order valence-electron chi connectivity index (χ4n) is 3.80. The minimum absolute atomic E-state index is 0.106. The molecule has 0 aliphatic carbocycles. The number of anilines is 1. The zero-order valence-corrected chi connectivity index (χ0v) is 16.9. The van der Waals surface area contributed by atoms with E-state index in [-0.39, 0.29) is 5.54 Å². The summed E-state index contributed by atoms with van der Waals surface area (Å²) < 4.78 is 0. The van der Waals surface area contributed by atoms with Crippen molar-refractivity contribution in [1.82, 2.24) is 15.0 Å². The SMILES string of the molecule is CC1(C)CCCN1c1cccc(N=C(CC(=N)c2ccccc2)c2ncc[nH]2)n1. The quantitative estimate of drug-likeness (QED) is 0.599. The number of aliphatic imine (C=N–C) groups is 1. The van der Waals surface area contributed by atoms with Crippen LogP contribution in [0.1, 0.15) is 44.5 Å². The highest BCUT2D eigenvalue weighted by molar-refractivity contribution is 6.16. The Hall–Kier alpha value is -3.28. The van der Waals surface area contributed by atoms with Crippen molar-refractivity contribution in [3.05, 3.63) is 72.3 Å². The Morgan fingerprint density at radius 3 is 2.69 bits per heavy atom. The van der Waals surface area contributed by atoms with E-state index in [1.165, 1.54) is 6.42 Å². The second-order valence-corrected chi connectivity index (χ2v) is 7.94. The maximum atomic E-state index is 8.51. The van der Waals surface area contributed by atoms with Gasteiger partial charge in [0.25, 0.3) is 0 Å². The average molecular weight is 387 g/mol. The normalized spacial score (nSPS) is 16.2. The van der Waals surface area contributed by atoms with E-state index in [4.69, 9.17) is 15.4 Å².